The summed E-state index contributed by atoms with van der Waals surface area (Å²) in [4.78, 5) is 83.5. The Morgan fingerprint density at radius 1 is 0.389 bits per heavy atom. The van der Waals surface area contributed by atoms with Gasteiger partial charge in [-0.15, -0.1) is 0 Å². The van der Waals surface area contributed by atoms with Crippen LogP contribution in [0.2, 0.25) is 0 Å². The summed E-state index contributed by atoms with van der Waals surface area (Å²) >= 11 is 0. The molecule has 0 spiro atoms. The molecule has 4 unspecified atom stereocenters. The van der Waals surface area contributed by atoms with E-state index in [-0.39, 0.29) is 42.3 Å². The number of allylic oxidation sites excluding steroid dienone is 1. The largest absolute Gasteiger partial charge is 0.482 e. The van der Waals surface area contributed by atoms with Crippen molar-refractivity contribution in [2.45, 2.75) is 166 Å². The van der Waals surface area contributed by atoms with Crippen molar-refractivity contribution in [1.29, 1.82) is 0 Å². The fourth-order valence-corrected chi connectivity index (χ4v) is 11.5. The number of rotatable bonds is 30. The fraction of sp³-hybridized carbons (Fsp3) is 0.330. The van der Waals surface area contributed by atoms with Crippen LogP contribution in [-0.2, 0) is 47.8 Å². The van der Waals surface area contributed by atoms with Crippen LogP contribution in [0.5, 0.6) is 34.5 Å². The molecule has 113 heavy (non-hydrogen) atoms. The molecule has 0 fully saturated rings. The van der Waals surface area contributed by atoms with Gasteiger partial charge in [-0.3, -0.25) is 14.4 Å². The van der Waals surface area contributed by atoms with Gasteiger partial charge in [-0.2, -0.15) is 0 Å². The zero-order valence-electron chi connectivity index (χ0n) is 68.7. The van der Waals surface area contributed by atoms with Crippen LogP contribution >= 0.6 is 0 Å². The van der Waals surface area contributed by atoms with Gasteiger partial charge in [0, 0.05) is 29.9 Å². The molecule has 8 aromatic rings. The average Bonchev–Trinajstić information content (AvgIpc) is 0.845. The summed E-state index contributed by atoms with van der Waals surface area (Å²) in [6.07, 6.45) is 19.1. The number of methoxy groups -OCH3 is 3. The molecular weight excluding hydrogens is 1420 g/mol. The van der Waals surface area contributed by atoms with Gasteiger partial charge in [0.15, 0.2) is 6.61 Å². The van der Waals surface area contributed by atoms with Gasteiger partial charge in [0.05, 0.1) is 37.6 Å². The van der Waals surface area contributed by atoms with Gasteiger partial charge in [-0.05, 0) is 261 Å². The van der Waals surface area contributed by atoms with Crippen LogP contribution in [0.4, 0.5) is 0 Å². The Morgan fingerprint density at radius 3 is 0.982 bits per heavy atom. The maximum absolute atomic E-state index is 12.0. The normalized spacial score (nSPS) is 12.8. The van der Waals surface area contributed by atoms with Crippen LogP contribution in [0, 0.1) is 37.0 Å². The zero-order chi connectivity index (χ0) is 82.8. The summed E-state index contributed by atoms with van der Waals surface area (Å²) in [6, 6.07) is 59.3. The quantitative estimate of drug-likeness (QED) is 0.0178. The first-order chi connectivity index (χ1) is 53.7. The lowest BCUT2D eigenvalue weighted by Gasteiger charge is -2.23. The SMILES string of the molecule is C=C1C=Cc2ccc(OCC(=O)Oc3ccc(C(C)CC)cc3)cc2O1.COC(=O)C(C)(C)CCC(C)c1ccc(OC(=O)/C=C/c2ccc(C)cc2)cc1.COC(=O)C(C)(C)CCC(C)c1ccc(OC(=O)/C=C/c2ccc(C)cc2)cc1.COC(=O)C(C)(C)CCC(C)c1ccc(OC(=O)/C=C/c2ccc(C)cc2)cc1. The molecular formula is C97H112O16. The van der Waals surface area contributed by atoms with Crippen LogP contribution < -0.4 is 28.4 Å². The number of benzene rings is 8. The zero-order valence-corrected chi connectivity index (χ0v) is 68.7. The Balaban J connectivity index is 0.000000235. The number of esters is 7. The summed E-state index contributed by atoms with van der Waals surface area (Å²) < 4.78 is 47.1. The Hall–Kier alpha value is -11.7. The molecule has 0 radical (unpaired) electrons. The Morgan fingerprint density at radius 2 is 0.681 bits per heavy atom. The van der Waals surface area contributed by atoms with E-state index in [1.54, 1.807) is 72.8 Å². The standard InChI is InChI=1S/3C25H30O4.C22H22O4/c3*1-18-6-8-20(9-7-18)10-15-23(26)29-22-13-11-21(12-14-22)19(2)16-17-25(3,4)24(27)28-5;1-4-15(2)17-7-10-19(11-8-17)26-22(23)14-24-20-12-9-18-6-5-16(3)25-21(18)13-20/h3*6-15,19H,16-17H2,1-5H3;5-13,15H,3-4,14H2,1-2H3/b3*15-10+;. The molecule has 0 bridgehead atoms. The van der Waals surface area contributed by atoms with Gasteiger partial charge >= 0.3 is 41.8 Å². The molecule has 596 valence electrons. The summed E-state index contributed by atoms with van der Waals surface area (Å²) in [5, 5.41) is 0. The third-order valence-electron chi connectivity index (χ3n) is 19.6. The number of ether oxygens (including phenoxy) is 9. The van der Waals surface area contributed by atoms with Gasteiger partial charge in [0.1, 0.15) is 40.3 Å². The number of carbonyl (C=O) groups excluding carboxylic acids is 7. The van der Waals surface area contributed by atoms with Crippen molar-refractivity contribution in [3.63, 3.8) is 0 Å². The van der Waals surface area contributed by atoms with Crippen molar-refractivity contribution in [3.8, 4) is 34.5 Å². The summed E-state index contributed by atoms with van der Waals surface area (Å²) in [7, 11) is 4.26. The first-order valence-corrected chi connectivity index (χ1v) is 38.3. The molecule has 0 aromatic heterocycles. The highest BCUT2D eigenvalue weighted by molar-refractivity contribution is 5.90. The first kappa shape index (κ1) is 90.2. The molecule has 1 aliphatic heterocycles. The molecule has 0 N–H and O–H groups in total. The Labute approximate surface area is 668 Å². The minimum atomic E-state index is -0.498. The number of carbonyl (C=O) groups is 7. The molecule has 0 amide bonds. The third-order valence-corrected chi connectivity index (χ3v) is 19.6. The second-order valence-corrected chi connectivity index (χ2v) is 30.4. The Bertz CT molecular complexity index is 4190. The molecule has 8 aromatic carbocycles. The smallest absolute Gasteiger partial charge is 0.349 e. The second-order valence-electron chi connectivity index (χ2n) is 30.4. The van der Waals surface area contributed by atoms with Crippen LogP contribution in [0.25, 0.3) is 24.3 Å². The van der Waals surface area contributed by atoms with E-state index >= 15 is 0 Å². The van der Waals surface area contributed by atoms with Crippen LogP contribution in [0.1, 0.15) is 206 Å². The number of hydrogen-bond donors (Lipinski definition) is 0. The van der Waals surface area contributed by atoms with Gasteiger partial charge < -0.3 is 42.6 Å². The molecule has 9 rings (SSSR count). The number of hydrogen-bond acceptors (Lipinski definition) is 16. The molecule has 4 atom stereocenters. The summed E-state index contributed by atoms with van der Waals surface area (Å²) in [5.41, 5.74) is 10.5. The Kier molecular flexibility index (Phi) is 35.5. The highest BCUT2D eigenvalue weighted by Crippen LogP contribution is 2.36. The summed E-state index contributed by atoms with van der Waals surface area (Å²) in [5.74, 6) is 2.88. The maximum atomic E-state index is 12.0. The molecule has 1 aliphatic rings. The lowest BCUT2D eigenvalue weighted by Crippen LogP contribution is -2.25. The first-order valence-electron chi connectivity index (χ1n) is 38.3. The topological polar surface area (TPSA) is 203 Å². The van der Waals surface area contributed by atoms with Crippen molar-refractivity contribution in [2.24, 2.45) is 16.2 Å². The number of fused-ring (bicyclic) bond motifs is 1. The lowest BCUT2D eigenvalue weighted by atomic mass is 9.83. The van der Waals surface area contributed by atoms with Crippen molar-refractivity contribution in [3.05, 3.63) is 286 Å². The minimum Gasteiger partial charge on any atom is -0.482 e. The average molecular weight is 1530 g/mol. The molecule has 16 nitrogen and oxygen atoms in total. The van der Waals surface area contributed by atoms with E-state index in [0.717, 1.165) is 83.9 Å². The van der Waals surface area contributed by atoms with E-state index in [4.69, 9.17) is 42.6 Å². The van der Waals surface area contributed by atoms with Crippen molar-refractivity contribution in [1.82, 2.24) is 0 Å². The van der Waals surface area contributed by atoms with E-state index in [9.17, 15) is 33.6 Å². The number of aryl methyl sites for hydroxylation is 3. The monoisotopic (exact) mass is 1530 g/mol. The molecule has 0 aliphatic carbocycles. The van der Waals surface area contributed by atoms with Gasteiger partial charge in [0.25, 0.3) is 0 Å². The van der Waals surface area contributed by atoms with Gasteiger partial charge in [-0.1, -0.05) is 179 Å². The van der Waals surface area contributed by atoms with Crippen molar-refractivity contribution >= 4 is 66.1 Å². The fourth-order valence-electron chi connectivity index (χ4n) is 11.5. The highest BCUT2D eigenvalue weighted by Gasteiger charge is 2.31. The van der Waals surface area contributed by atoms with Gasteiger partial charge in [-0.25, -0.2) is 19.2 Å². The second kappa shape index (κ2) is 44.4. The van der Waals surface area contributed by atoms with Crippen molar-refractivity contribution < 1.29 is 76.2 Å². The minimum absolute atomic E-state index is 0.178. The lowest BCUT2D eigenvalue weighted by molar-refractivity contribution is -0.151. The van der Waals surface area contributed by atoms with E-state index in [1.807, 2.05) is 208 Å². The van der Waals surface area contributed by atoms with E-state index in [2.05, 4.69) is 41.2 Å². The van der Waals surface area contributed by atoms with Gasteiger partial charge in [0.2, 0.25) is 0 Å². The molecule has 16 heteroatoms. The third kappa shape index (κ3) is 31.2. The highest BCUT2D eigenvalue weighted by atomic mass is 16.6. The summed E-state index contributed by atoms with van der Waals surface area (Å²) in [6.45, 7) is 31.7. The predicted molar refractivity (Wildman–Crippen MR) is 449 cm³/mol. The molecule has 0 saturated heterocycles. The van der Waals surface area contributed by atoms with Crippen LogP contribution in [0.15, 0.2) is 225 Å². The van der Waals surface area contributed by atoms with Crippen molar-refractivity contribution in [2.75, 3.05) is 27.9 Å². The van der Waals surface area contributed by atoms with Crippen LogP contribution in [-0.4, -0.2) is 69.7 Å². The predicted octanol–water partition coefficient (Wildman–Crippen LogP) is 22.2. The van der Waals surface area contributed by atoms with E-state index in [1.165, 1.54) is 61.8 Å². The van der Waals surface area contributed by atoms with E-state index < -0.39 is 40.1 Å². The molecule has 0 saturated carbocycles. The maximum Gasteiger partial charge on any atom is 0.349 e. The molecule has 1 heterocycles. The van der Waals surface area contributed by atoms with Crippen LogP contribution in [0.3, 0.4) is 0 Å². The van der Waals surface area contributed by atoms with E-state index in [0.29, 0.717) is 46.2 Å².